The first-order chi connectivity index (χ1) is 14.2. The van der Waals surface area contributed by atoms with E-state index in [2.05, 4.69) is 0 Å². The van der Waals surface area contributed by atoms with Gasteiger partial charge in [0.1, 0.15) is 29.1 Å². The van der Waals surface area contributed by atoms with Gasteiger partial charge in [0.2, 0.25) is 6.29 Å². The molecule has 162 valence electrons. The number of aromatic hydroxyl groups is 3. The number of esters is 1. The number of ether oxygens (including phenoxy) is 3. The second kappa shape index (κ2) is 8.83. The van der Waals surface area contributed by atoms with Gasteiger partial charge in [0.05, 0.1) is 5.92 Å². The summed E-state index contributed by atoms with van der Waals surface area (Å²) < 4.78 is 17.4. The molecule has 0 spiro atoms. The van der Waals surface area contributed by atoms with Crippen molar-refractivity contribution in [1.82, 2.24) is 0 Å². The molecule has 0 saturated heterocycles. The maximum absolute atomic E-state index is 11.9. The Kier molecular flexibility index (Phi) is 6.41. The highest BCUT2D eigenvalue weighted by molar-refractivity contribution is 5.71. The lowest BCUT2D eigenvalue weighted by Crippen LogP contribution is -2.37. The van der Waals surface area contributed by atoms with Gasteiger partial charge in [-0.25, -0.2) is 0 Å². The van der Waals surface area contributed by atoms with Crippen molar-refractivity contribution in [2.45, 2.75) is 59.0 Å². The molecule has 7 heteroatoms. The normalized spacial score (nSPS) is 19.1. The van der Waals surface area contributed by atoms with Crippen LogP contribution >= 0.6 is 0 Å². The average molecular weight is 416 g/mol. The number of fused-ring (bicyclic) bond motifs is 1. The van der Waals surface area contributed by atoms with E-state index in [0.717, 1.165) is 5.56 Å². The predicted octanol–water partition coefficient (Wildman–Crippen LogP) is 3.97. The van der Waals surface area contributed by atoms with Crippen molar-refractivity contribution in [2.75, 3.05) is 0 Å². The SMILES string of the molecule is CCc1ccc(C2Oc3cc(O)cc(O)c3CC2OC(C)OC(=O)C(C)C)cc1O. The average Bonchev–Trinajstić information content (AvgIpc) is 2.67. The van der Waals surface area contributed by atoms with Gasteiger partial charge in [-0.05, 0) is 30.5 Å². The molecule has 0 aliphatic carbocycles. The van der Waals surface area contributed by atoms with Crippen LogP contribution in [-0.4, -0.2) is 33.7 Å². The zero-order valence-corrected chi connectivity index (χ0v) is 17.6. The van der Waals surface area contributed by atoms with E-state index in [0.29, 0.717) is 23.3 Å². The molecule has 0 amide bonds. The first-order valence-electron chi connectivity index (χ1n) is 10.1. The van der Waals surface area contributed by atoms with Gasteiger partial charge in [-0.2, -0.15) is 0 Å². The number of phenolic OH excluding ortho intramolecular Hbond substituents is 3. The lowest BCUT2D eigenvalue weighted by Gasteiger charge is -2.35. The van der Waals surface area contributed by atoms with E-state index < -0.39 is 18.5 Å². The second-order valence-electron chi connectivity index (χ2n) is 7.76. The summed E-state index contributed by atoms with van der Waals surface area (Å²) in [6.07, 6.45) is -1.12. The van der Waals surface area contributed by atoms with E-state index in [1.54, 1.807) is 26.8 Å². The first kappa shape index (κ1) is 21.8. The smallest absolute Gasteiger partial charge is 0.310 e. The minimum Gasteiger partial charge on any atom is -0.508 e. The van der Waals surface area contributed by atoms with E-state index in [1.165, 1.54) is 12.1 Å². The van der Waals surface area contributed by atoms with E-state index in [9.17, 15) is 20.1 Å². The van der Waals surface area contributed by atoms with Gasteiger partial charge in [0.15, 0.2) is 6.10 Å². The van der Waals surface area contributed by atoms with Crippen LogP contribution in [0.2, 0.25) is 0 Å². The van der Waals surface area contributed by atoms with Crippen molar-refractivity contribution in [2.24, 2.45) is 5.92 Å². The molecular weight excluding hydrogens is 388 g/mol. The van der Waals surface area contributed by atoms with Gasteiger partial charge >= 0.3 is 5.97 Å². The monoisotopic (exact) mass is 416 g/mol. The Balaban J connectivity index is 1.93. The number of hydrogen-bond acceptors (Lipinski definition) is 7. The quantitative estimate of drug-likeness (QED) is 0.483. The maximum Gasteiger partial charge on any atom is 0.310 e. The molecule has 3 unspecified atom stereocenters. The molecule has 0 radical (unpaired) electrons. The number of aryl methyl sites for hydroxylation is 1. The Morgan fingerprint density at radius 1 is 1.13 bits per heavy atom. The highest BCUT2D eigenvalue weighted by atomic mass is 16.7. The fourth-order valence-electron chi connectivity index (χ4n) is 3.48. The van der Waals surface area contributed by atoms with Crippen molar-refractivity contribution >= 4 is 5.97 Å². The lowest BCUT2D eigenvalue weighted by molar-refractivity contribution is -0.198. The van der Waals surface area contributed by atoms with E-state index in [4.69, 9.17) is 14.2 Å². The van der Waals surface area contributed by atoms with Gasteiger partial charge in [0.25, 0.3) is 0 Å². The molecule has 3 N–H and O–H groups in total. The number of phenols is 3. The van der Waals surface area contributed by atoms with Crippen molar-refractivity contribution in [3.8, 4) is 23.0 Å². The minimum absolute atomic E-state index is 0.104. The van der Waals surface area contributed by atoms with Crippen LogP contribution in [0.25, 0.3) is 0 Å². The molecule has 1 aliphatic rings. The van der Waals surface area contributed by atoms with E-state index >= 15 is 0 Å². The molecule has 2 aromatic carbocycles. The molecule has 0 saturated carbocycles. The van der Waals surface area contributed by atoms with Crippen molar-refractivity contribution in [1.29, 1.82) is 0 Å². The Hall–Kier alpha value is -2.93. The summed E-state index contributed by atoms with van der Waals surface area (Å²) in [5, 5.41) is 30.4. The zero-order valence-electron chi connectivity index (χ0n) is 17.6. The Labute approximate surface area is 175 Å². The highest BCUT2D eigenvalue weighted by Crippen LogP contribution is 2.43. The number of rotatable bonds is 6. The number of hydrogen-bond donors (Lipinski definition) is 3. The third kappa shape index (κ3) is 4.62. The Morgan fingerprint density at radius 3 is 2.50 bits per heavy atom. The summed E-state index contributed by atoms with van der Waals surface area (Å²) in [5.74, 6) is -0.403. The number of carbonyl (C=O) groups is 1. The molecule has 0 fully saturated rings. The van der Waals surface area contributed by atoms with Crippen LogP contribution in [0.3, 0.4) is 0 Å². The first-order valence-corrected chi connectivity index (χ1v) is 10.1. The standard InChI is InChI=1S/C23H28O7/c1-5-14-6-7-15(8-18(14)25)22-21(28-13(4)29-23(27)12(2)3)11-17-19(26)9-16(24)10-20(17)30-22/h6-10,12-13,21-22,24-26H,5,11H2,1-4H3. The van der Waals surface area contributed by atoms with Gasteiger partial charge in [-0.3, -0.25) is 4.79 Å². The van der Waals surface area contributed by atoms with Gasteiger partial charge in [-0.1, -0.05) is 32.9 Å². The molecule has 7 nitrogen and oxygen atoms in total. The third-order valence-corrected chi connectivity index (χ3v) is 5.11. The molecule has 0 aromatic heterocycles. The molecule has 1 heterocycles. The van der Waals surface area contributed by atoms with Crippen LogP contribution in [0.15, 0.2) is 30.3 Å². The van der Waals surface area contributed by atoms with Crippen LogP contribution in [0, 0.1) is 5.92 Å². The summed E-state index contributed by atoms with van der Waals surface area (Å²) in [6, 6.07) is 7.96. The second-order valence-corrected chi connectivity index (χ2v) is 7.76. The molecule has 3 rings (SSSR count). The van der Waals surface area contributed by atoms with Gasteiger partial charge in [-0.15, -0.1) is 0 Å². The third-order valence-electron chi connectivity index (χ3n) is 5.11. The van der Waals surface area contributed by atoms with Crippen LogP contribution in [-0.2, 0) is 27.1 Å². The van der Waals surface area contributed by atoms with Gasteiger partial charge < -0.3 is 29.5 Å². The number of benzene rings is 2. The van der Waals surface area contributed by atoms with Crippen LogP contribution in [0.1, 0.15) is 50.5 Å². The topological polar surface area (TPSA) is 105 Å². The highest BCUT2D eigenvalue weighted by Gasteiger charge is 2.36. The summed E-state index contributed by atoms with van der Waals surface area (Å²) in [7, 11) is 0. The fourth-order valence-corrected chi connectivity index (χ4v) is 3.48. The van der Waals surface area contributed by atoms with E-state index in [-0.39, 0.29) is 35.6 Å². The van der Waals surface area contributed by atoms with Crippen LogP contribution in [0.5, 0.6) is 23.0 Å². The molecule has 30 heavy (non-hydrogen) atoms. The Morgan fingerprint density at radius 2 is 1.87 bits per heavy atom. The molecular formula is C23H28O7. The van der Waals surface area contributed by atoms with Crippen LogP contribution in [0.4, 0.5) is 0 Å². The van der Waals surface area contributed by atoms with Crippen molar-refractivity contribution < 1.29 is 34.3 Å². The molecule has 1 aliphatic heterocycles. The van der Waals surface area contributed by atoms with Crippen molar-refractivity contribution in [3.63, 3.8) is 0 Å². The molecule has 2 aromatic rings. The summed E-state index contributed by atoms with van der Waals surface area (Å²) in [5.41, 5.74) is 1.97. The molecule has 3 atom stereocenters. The van der Waals surface area contributed by atoms with E-state index in [1.807, 2.05) is 19.1 Å². The fraction of sp³-hybridized carbons (Fsp3) is 0.435. The maximum atomic E-state index is 11.9. The summed E-state index contributed by atoms with van der Waals surface area (Å²) >= 11 is 0. The predicted molar refractivity (Wildman–Crippen MR) is 110 cm³/mol. The van der Waals surface area contributed by atoms with Crippen LogP contribution < -0.4 is 4.74 Å². The Bertz CT molecular complexity index is 922. The zero-order chi connectivity index (χ0) is 22.0. The molecule has 0 bridgehead atoms. The van der Waals surface area contributed by atoms with Crippen molar-refractivity contribution in [3.05, 3.63) is 47.0 Å². The lowest BCUT2D eigenvalue weighted by atomic mass is 9.93. The largest absolute Gasteiger partial charge is 0.508 e. The summed E-state index contributed by atoms with van der Waals surface area (Å²) in [4.78, 5) is 11.9. The number of carbonyl (C=O) groups excluding carboxylic acids is 1. The summed E-state index contributed by atoms with van der Waals surface area (Å²) in [6.45, 7) is 7.05. The van der Waals surface area contributed by atoms with Gasteiger partial charge in [0, 0.05) is 24.1 Å². The minimum atomic E-state index is -0.833.